The maximum absolute atomic E-state index is 13.1. The topological polar surface area (TPSA) is 205 Å². The summed E-state index contributed by atoms with van der Waals surface area (Å²) in [5, 5.41) is 16.3. The van der Waals surface area contributed by atoms with E-state index in [1.165, 1.54) is 10.6 Å². The number of anilines is 1. The van der Waals surface area contributed by atoms with Gasteiger partial charge in [-0.2, -0.15) is 4.98 Å². The zero-order valence-electron chi connectivity index (χ0n) is 15.6. The molecule has 158 valence electrons. The van der Waals surface area contributed by atoms with Crippen molar-refractivity contribution in [2.45, 2.75) is 15.0 Å². The van der Waals surface area contributed by atoms with E-state index >= 15 is 0 Å². The number of nitrogen functional groups attached to an aromatic ring is 1. The highest BCUT2D eigenvalue weighted by atomic mass is 32.2. The van der Waals surface area contributed by atoms with E-state index < -0.39 is 15.1 Å². The molecule has 0 amide bonds. The number of nitrogens with zero attached hydrogens (tertiary/aromatic N) is 4. The molecule has 1 saturated heterocycles. The van der Waals surface area contributed by atoms with E-state index in [0.29, 0.717) is 35.4 Å². The van der Waals surface area contributed by atoms with Crippen molar-refractivity contribution < 1.29 is 8.42 Å². The van der Waals surface area contributed by atoms with Crippen LogP contribution in [-0.2, 0) is 9.84 Å². The Hall–Kier alpha value is -2.91. The smallest absolute Gasteiger partial charge is 0.240 e. The van der Waals surface area contributed by atoms with Crippen LogP contribution in [-0.4, -0.2) is 47.2 Å². The Bertz CT molecular complexity index is 1250. The van der Waals surface area contributed by atoms with Crippen LogP contribution in [0, 0.1) is 0 Å². The minimum atomic E-state index is -3.63. The second kappa shape index (κ2) is 7.73. The lowest BCUT2D eigenvalue weighted by molar-refractivity contribution is 0.494. The van der Waals surface area contributed by atoms with Gasteiger partial charge in [0.2, 0.25) is 5.95 Å². The molecule has 0 atom stereocenters. The molecule has 2 aromatic heterocycles. The van der Waals surface area contributed by atoms with Gasteiger partial charge in [0.05, 0.1) is 15.0 Å². The summed E-state index contributed by atoms with van der Waals surface area (Å²) in [6.07, 6.45) is 1.70. The van der Waals surface area contributed by atoms with Gasteiger partial charge in [0, 0.05) is 30.4 Å². The first kappa shape index (κ1) is 20.4. The van der Waals surface area contributed by atoms with E-state index in [0.717, 1.165) is 11.9 Å². The first-order valence-electron chi connectivity index (χ1n) is 8.77. The molecule has 1 aliphatic rings. The highest BCUT2D eigenvalue weighted by molar-refractivity contribution is 7.98. The Morgan fingerprint density at radius 2 is 2.07 bits per heavy atom. The van der Waals surface area contributed by atoms with Crippen molar-refractivity contribution in [1.29, 1.82) is 0 Å². The molecule has 10 N–H and O–H groups in total. The molecular weight excluding hydrogens is 428 g/mol. The Morgan fingerprint density at radius 1 is 1.30 bits per heavy atom. The summed E-state index contributed by atoms with van der Waals surface area (Å²) in [7, 11) is -3.63. The fourth-order valence-electron chi connectivity index (χ4n) is 3.30. The number of benzene rings is 1. The number of sulfone groups is 1. The number of nitrogens with two attached hydrogens (primary N) is 4. The zero-order valence-corrected chi connectivity index (χ0v) is 17.2. The molecule has 0 radical (unpaired) electrons. The number of fused-ring (bicyclic) bond motifs is 1. The second-order valence-corrected chi connectivity index (χ2v) is 9.39. The number of pyridine rings is 1. The molecule has 3 heterocycles. The number of rotatable bonds is 6. The lowest BCUT2D eigenvalue weighted by atomic mass is 9.99. The van der Waals surface area contributed by atoms with E-state index in [2.05, 4.69) is 26.0 Å². The van der Waals surface area contributed by atoms with Gasteiger partial charge in [0.15, 0.2) is 21.3 Å². The summed E-state index contributed by atoms with van der Waals surface area (Å²) in [6, 6.07) is 6.72. The highest BCUT2D eigenvalue weighted by Gasteiger charge is 2.36. The number of amidine groups is 1. The van der Waals surface area contributed by atoms with E-state index in [9.17, 15) is 8.42 Å². The summed E-state index contributed by atoms with van der Waals surface area (Å²) < 4.78 is 27.8. The van der Waals surface area contributed by atoms with Crippen LogP contribution in [0.2, 0.25) is 0 Å². The van der Waals surface area contributed by atoms with E-state index in [1.807, 2.05) is 0 Å². The first-order valence-corrected chi connectivity index (χ1v) is 11.2. The largest absolute Gasteiger partial charge is 0.382 e. The minimum Gasteiger partial charge on any atom is -0.382 e. The molecule has 0 saturated carbocycles. The van der Waals surface area contributed by atoms with Crippen molar-refractivity contribution in [3.63, 3.8) is 0 Å². The van der Waals surface area contributed by atoms with Crippen molar-refractivity contribution in [1.82, 2.24) is 25.4 Å². The standard InChI is InChI=1S/C16H20N10O2S2/c17-14(23-25-19)12-9(10-2-1-5-26-15(10)22-16(18)24-26)3-4-11(13(12)29-20)30(27,28)8-6-21-7-8/h1-5,8,21,25H,6-7,19-20H2,(H2,17,23)(H2,18,24). The minimum absolute atomic E-state index is 0.0290. The van der Waals surface area contributed by atoms with Gasteiger partial charge in [-0.05, 0) is 35.7 Å². The Kier molecular flexibility index (Phi) is 5.25. The van der Waals surface area contributed by atoms with Crippen molar-refractivity contribution in [2.75, 3.05) is 18.8 Å². The van der Waals surface area contributed by atoms with Gasteiger partial charge in [0.25, 0.3) is 0 Å². The lowest BCUT2D eigenvalue weighted by Gasteiger charge is -2.28. The van der Waals surface area contributed by atoms with Gasteiger partial charge in [0.1, 0.15) is 0 Å². The number of hydrazine groups is 1. The predicted octanol–water partition coefficient (Wildman–Crippen LogP) is -1.23. The van der Waals surface area contributed by atoms with Crippen molar-refractivity contribution in [3.05, 3.63) is 36.0 Å². The van der Waals surface area contributed by atoms with Gasteiger partial charge >= 0.3 is 0 Å². The molecule has 30 heavy (non-hydrogen) atoms. The zero-order chi connectivity index (χ0) is 21.5. The molecule has 4 rings (SSSR count). The number of hydrogen-bond donors (Lipinski definition) is 6. The molecular formula is C16H20N10O2S2. The number of aromatic nitrogens is 3. The number of hydrogen-bond acceptors (Lipinski definition) is 11. The van der Waals surface area contributed by atoms with Crippen LogP contribution in [0.3, 0.4) is 0 Å². The summed E-state index contributed by atoms with van der Waals surface area (Å²) in [5.74, 6) is 5.39. The van der Waals surface area contributed by atoms with Crippen LogP contribution in [0.4, 0.5) is 5.95 Å². The fraction of sp³-hybridized carbons (Fsp3) is 0.188. The van der Waals surface area contributed by atoms with Crippen molar-refractivity contribution >= 4 is 39.2 Å². The van der Waals surface area contributed by atoms with Crippen molar-refractivity contribution in [3.8, 4) is 11.1 Å². The Balaban J connectivity index is 2.03. The van der Waals surface area contributed by atoms with Crippen LogP contribution < -0.4 is 33.3 Å². The third-order valence-electron chi connectivity index (χ3n) is 4.84. The summed E-state index contributed by atoms with van der Waals surface area (Å²) in [5.41, 5.74) is 16.0. The molecule has 14 heteroatoms. The summed E-state index contributed by atoms with van der Waals surface area (Å²) in [4.78, 5) is 4.61. The monoisotopic (exact) mass is 448 g/mol. The molecule has 1 aliphatic heterocycles. The van der Waals surface area contributed by atoms with Crippen LogP contribution in [0.1, 0.15) is 5.56 Å². The average molecular weight is 449 g/mol. The maximum Gasteiger partial charge on any atom is 0.240 e. The third-order valence-corrected chi connectivity index (χ3v) is 7.79. The number of nitrogens with one attached hydrogen (secondary N) is 2. The molecule has 3 aromatic rings. The van der Waals surface area contributed by atoms with E-state index in [1.54, 1.807) is 24.4 Å². The highest BCUT2D eigenvalue weighted by Crippen LogP contribution is 2.37. The maximum atomic E-state index is 13.1. The van der Waals surface area contributed by atoms with Crippen LogP contribution in [0.15, 0.2) is 45.4 Å². The molecule has 0 unspecified atom stereocenters. The van der Waals surface area contributed by atoms with Crippen LogP contribution >= 0.6 is 11.9 Å². The van der Waals surface area contributed by atoms with Crippen molar-refractivity contribution in [2.24, 2.45) is 21.8 Å². The van der Waals surface area contributed by atoms with E-state index in [4.69, 9.17) is 22.4 Å². The Morgan fingerprint density at radius 3 is 2.70 bits per heavy atom. The Labute approximate surface area is 176 Å². The third kappa shape index (κ3) is 3.23. The molecule has 1 aromatic carbocycles. The summed E-state index contributed by atoms with van der Waals surface area (Å²) in [6.45, 7) is 0.751. The normalized spacial score (nSPS) is 15.3. The van der Waals surface area contributed by atoms with Crippen LogP contribution in [0.25, 0.3) is 16.8 Å². The number of hydrazone groups is 1. The second-order valence-electron chi connectivity index (χ2n) is 6.54. The molecule has 12 nitrogen and oxygen atoms in total. The van der Waals surface area contributed by atoms with Crippen LogP contribution in [0.5, 0.6) is 0 Å². The van der Waals surface area contributed by atoms with Gasteiger partial charge in [-0.1, -0.05) is 6.07 Å². The fourth-order valence-corrected chi connectivity index (χ4v) is 5.96. The van der Waals surface area contributed by atoms with Gasteiger partial charge < -0.3 is 16.8 Å². The quantitative estimate of drug-likeness (QED) is 0.0865. The van der Waals surface area contributed by atoms with Gasteiger partial charge in [-0.15, -0.1) is 10.2 Å². The van der Waals surface area contributed by atoms with Gasteiger partial charge in [-0.25, -0.2) is 24.3 Å². The molecule has 0 spiro atoms. The van der Waals surface area contributed by atoms with Gasteiger partial charge in [-0.3, -0.25) is 5.14 Å². The predicted molar refractivity (Wildman–Crippen MR) is 115 cm³/mol. The molecule has 0 bridgehead atoms. The molecule has 0 aliphatic carbocycles. The summed E-state index contributed by atoms with van der Waals surface area (Å²) >= 11 is 0.778. The molecule has 1 fully saturated rings. The first-order chi connectivity index (χ1) is 14.4. The lowest BCUT2D eigenvalue weighted by Crippen LogP contribution is -2.51. The SMILES string of the molecule is NN/N=C(\N)c1c(-c2cccn3nc(N)nc23)ccc(S(=O)(=O)C2CNC2)c1SN. The van der Waals surface area contributed by atoms with E-state index in [-0.39, 0.29) is 21.6 Å². The average Bonchev–Trinajstić information content (AvgIpc) is 3.05.